The molecule has 4 nitrogen and oxygen atoms in total. The molecule has 0 atom stereocenters. The monoisotopic (exact) mass is 264 g/mol. The van der Waals surface area contributed by atoms with Gasteiger partial charge in [-0.15, -0.1) is 0 Å². The third kappa shape index (κ3) is 2.28. The molecule has 0 fully saturated rings. The van der Waals surface area contributed by atoms with Crippen molar-refractivity contribution in [2.75, 3.05) is 0 Å². The first-order valence-electron chi connectivity index (χ1n) is 5.13. The molecule has 0 amide bonds. The predicted octanol–water partition coefficient (Wildman–Crippen LogP) is 3.12. The first-order valence-corrected chi connectivity index (χ1v) is 5.51. The number of carbonyl (C=O) groups excluding carboxylic acids is 1. The minimum Gasteiger partial charge on any atom is -0.478 e. The van der Waals surface area contributed by atoms with Crippen molar-refractivity contribution in [3.8, 4) is 5.75 Å². The minimum absolute atomic E-state index is 0.0457. The lowest BCUT2D eigenvalue weighted by molar-refractivity contribution is -0.131. The van der Waals surface area contributed by atoms with E-state index in [1.165, 1.54) is 13.0 Å². The number of carboxylic acids is 1. The van der Waals surface area contributed by atoms with Crippen molar-refractivity contribution in [2.45, 2.75) is 6.92 Å². The Morgan fingerprint density at radius 3 is 2.56 bits per heavy atom. The van der Waals surface area contributed by atoms with Crippen LogP contribution in [0, 0.1) is 0 Å². The molecule has 0 unspecified atom stereocenters. The molecule has 0 radical (unpaired) electrons. The Hall–Kier alpha value is -2.07. The first kappa shape index (κ1) is 12.4. The first-order chi connectivity index (χ1) is 8.49. The van der Waals surface area contributed by atoms with Gasteiger partial charge in [-0.1, -0.05) is 17.7 Å². The van der Waals surface area contributed by atoms with Crippen LogP contribution in [-0.4, -0.2) is 17.0 Å². The third-order valence-electron chi connectivity index (χ3n) is 2.42. The van der Waals surface area contributed by atoms with Gasteiger partial charge in [0.05, 0.1) is 10.6 Å². The van der Waals surface area contributed by atoms with Gasteiger partial charge in [-0.05, 0) is 29.7 Å². The maximum Gasteiger partial charge on any atom is 0.337 e. The van der Waals surface area contributed by atoms with Crippen molar-refractivity contribution >= 4 is 34.3 Å². The van der Waals surface area contributed by atoms with Crippen LogP contribution >= 0.6 is 11.6 Å². The molecule has 18 heavy (non-hydrogen) atoms. The second-order valence-corrected chi connectivity index (χ2v) is 4.09. The van der Waals surface area contributed by atoms with E-state index in [1.54, 1.807) is 24.3 Å². The number of fused-ring (bicyclic) bond motifs is 1. The van der Waals surface area contributed by atoms with Crippen LogP contribution in [0.2, 0.25) is 5.02 Å². The summed E-state index contributed by atoms with van der Waals surface area (Å²) in [6.07, 6.45) is 0. The van der Waals surface area contributed by atoms with E-state index in [4.69, 9.17) is 21.4 Å². The summed E-state index contributed by atoms with van der Waals surface area (Å²) in [6, 6.07) is 7.88. The molecule has 0 spiro atoms. The van der Waals surface area contributed by atoms with E-state index in [-0.39, 0.29) is 10.6 Å². The Kier molecular flexibility index (Phi) is 3.21. The average molecular weight is 265 g/mol. The van der Waals surface area contributed by atoms with Crippen LogP contribution in [0.15, 0.2) is 30.3 Å². The van der Waals surface area contributed by atoms with Crippen LogP contribution in [0.4, 0.5) is 0 Å². The van der Waals surface area contributed by atoms with E-state index in [1.807, 2.05) is 0 Å². The quantitative estimate of drug-likeness (QED) is 0.669. The van der Waals surface area contributed by atoms with Crippen molar-refractivity contribution in [1.29, 1.82) is 0 Å². The number of rotatable bonds is 2. The Morgan fingerprint density at radius 1 is 1.22 bits per heavy atom. The maximum absolute atomic E-state index is 10.9. The van der Waals surface area contributed by atoms with Gasteiger partial charge in [-0.25, -0.2) is 4.79 Å². The number of ether oxygens (including phenoxy) is 1. The van der Waals surface area contributed by atoms with Gasteiger partial charge in [0.1, 0.15) is 5.75 Å². The summed E-state index contributed by atoms with van der Waals surface area (Å²) < 4.78 is 4.94. The van der Waals surface area contributed by atoms with Gasteiger partial charge in [0.15, 0.2) is 0 Å². The minimum atomic E-state index is -1.08. The number of halogens is 1. The van der Waals surface area contributed by atoms with Gasteiger partial charge < -0.3 is 9.84 Å². The van der Waals surface area contributed by atoms with Gasteiger partial charge in [-0.2, -0.15) is 0 Å². The van der Waals surface area contributed by atoms with E-state index in [0.717, 1.165) is 0 Å². The number of hydrogen-bond donors (Lipinski definition) is 1. The molecule has 0 aliphatic heterocycles. The highest BCUT2D eigenvalue weighted by Crippen LogP contribution is 2.30. The van der Waals surface area contributed by atoms with Crippen molar-refractivity contribution in [3.05, 3.63) is 40.9 Å². The standard InChI is InChI=1S/C13H9ClO4/c1-7(15)18-9-3-5-10-8(6-9)2-4-11(12(10)14)13(16)17/h2-6H,1H3,(H,16,17). The van der Waals surface area contributed by atoms with Gasteiger partial charge in [0.2, 0.25) is 0 Å². The third-order valence-corrected chi connectivity index (χ3v) is 2.82. The molecular weight excluding hydrogens is 256 g/mol. The summed E-state index contributed by atoms with van der Waals surface area (Å²) in [5.41, 5.74) is 0.0457. The molecule has 0 saturated heterocycles. The Morgan fingerprint density at radius 2 is 1.94 bits per heavy atom. The number of aromatic carboxylic acids is 1. The van der Waals surface area contributed by atoms with Gasteiger partial charge in [0, 0.05) is 12.3 Å². The van der Waals surface area contributed by atoms with Crippen LogP contribution in [0.25, 0.3) is 10.8 Å². The molecule has 92 valence electrons. The highest BCUT2D eigenvalue weighted by Gasteiger charge is 2.12. The fourth-order valence-corrected chi connectivity index (χ4v) is 1.98. The van der Waals surface area contributed by atoms with E-state index >= 15 is 0 Å². The zero-order chi connectivity index (χ0) is 13.3. The Bertz CT molecular complexity index is 649. The SMILES string of the molecule is CC(=O)Oc1ccc2c(Cl)c(C(=O)O)ccc2c1. The highest BCUT2D eigenvalue weighted by molar-refractivity contribution is 6.38. The molecule has 0 aromatic heterocycles. The van der Waals surface area contributed by atoms with E-state index in [2.05, 4.69) is 0 Å². The molecule has 0 bridgehead atoms. The summed E-state index contributed by atoms with van der Waals surface area (Å²) in [5.74, 6) is -1.09. The lowest BCUT2D eigenvalue weighted by Gasteiger charge is -2.06. The summed E-state index contributed by atoms with van der Waals surface area (Å²) in [4.78, 5) is 21.8. The van der Waals surface area contributed by atoms with Crippen LogP contribution in [-0.2, 0) is 4.79 Å². The highest BCUT2D eigenvalue weighted by atomic mass is 35.5. The largest absolute Gasteiger partial charge is 0.478 e. The number of hydrogen-bond acceptors (Lipinski definition) is 3. The smallest absolute Gasteiger partial charge is 0.337 e. The molecule has 0 saturated carbocycles. The molecule has 5 heteroatoms. The van der Waals surface area contributed by atoms with Crippen LogP contribution in [0.3, 0.4) is 0 Å². The van der Waals surface area contributed by atoms with Crippen molar-refractivity contribution in [3.63, 3.8) is 0 Å². The summed E-state index contributed by atoms with van der Waals surface area (Å²) >= 11 is 6.01. The molecule has 2 aromatic carbocycles. The molecule has 1 N–H and O–H groups in total. The molecule has 0 aliphatic carbocycles. The van der Waals surface area contributed by atoms with Crippen LogP contribution in [0.5, 0.6) is 5.75 Å². The van der Waals surface area contributed by atoms with Gasteiger partial charge in [-0.3, -0.25) is 4.79 Å². The van der Waals surface area contributed by atoms with E-state index in [9.17, 15) is 9.59 Å². The van der Waals surface area contributed by atoms with Crippen LogP contribution < -0.4 is 4.74 Å². The molecule has 2 aromatic rings. The Balaban J connectivity index is 2.57. The van der Waals surface area contributed by atoms with Gasteiger partial charge >= 0.3 is 11.9 Å². The fraction of sp³-hybridized carbons (Fsp3) is 0.0769. The molecular formula is C13H9ClO4. The summed E-state index contributed by atoms with van der Waals surface area (Å²) in [6.45, 7) is 1.31. The summed E-state index contributed by atoms with van der Waals surface area (Å²) in [5, 5.41) is 10.4. The van der Waals surface area contributed by atoms with Crippen LogP contribution in [0.1, 0.15) is 17.3 Å². The molecule has 0 aliphatic rings. The Labute approximate surface area is 108 Å². The summed E-state index contributed by atoms with van der Waals surface area (Å²) in [7, 11) is 0. The predicted molar refractivity (Wildman–Crippen MR) is 67.2 cm³/mol. The van der Waals surface area contributed by atoms with Gasteiger partial charge in [0.25, 0.3) is 0 Å². The maximum atomic E-state index is 10.9. The topological polar surface area (TPSA) is 63.6 Å². The normalized spacial score (nSPS) is 10.3. The van der Waals surface area contributed by atoms with E-state index in [0.29, 0.717) is 16.5 Å². The average Bonchev–Trinajstić information content (AvgIpc) is 2.27. The lowest BCUT2D eigenvalue weighted by Crippen LogP contribution is -2.01. The van der Waals surface area contributed by atoms with Crippen molar-refractivity contribution in [1.82, 2.24) is 0 Å². The second kappa shape index (κ2) is 4.66. The number of benzene rings is 2. The number of carboxylic acid groups (broad SMARTS) is 1. The zero-order valence-corrected chi connectivity index (χ0v) is 10.2. The zero-order valence-electron chi connectivity index (χ0n) is 9.44. The number of carbonyl (C=O) groups is 2. The molecule has 2 rings (SSSR count). The van der Waals surface area contributed by atoms with Crippen molar-refractivity contribution in [2.24, 2.45) is 0 Å². The molecule has 0 heterocycles. The fourth-order valence-electron chi connectivity index (χ4n) is 1.66. The lowest BCUT2D eigenvalue weighted by atomic mass is 10.1. The number of esters is 1. The second-order valence-electron chi connectivity index (χ2n) is 3.71. The van der Waals surface area contributed by atoms with E-state index < -0.39 is 11.9 Å². The van der Waals surface area contributed by atoms with Crippen molar-refractivity contribution < 1.29 is 19.4 Å².